The van der Waals surface area contributed by atoms with Gasteiger partial charge >= 0.3 is 0 Å². The average molecular weight is 545 g/mol. The molecule has 0 spiro atoms. The minimum atomic E-state index is -0.803. The standard InChI is InChI=1S/C31H33FN4O2S/c32-25-17-22(18-34-30(25)38)19-8-10-20(11-9-19)23(12-15-36-13-4-1-5-14-36)27-24-16-21-6-2-3-7-26(21)35-31(24)39-28(27)29(33)37/h8-11,16-18,23H,1-7,12-15H2,(H2,33,37)(H,34,38)/t23-/m1/s1. The summed E-state index contributed by atoms with van der Waals surface area (Å²) < 4.78 is 13.9. The third-order valence-corrected chi connectivity index (χ3v) is 9.39. The van der Waals surface area contributed by atoms with E-state index in [1.165, 1.54) is 48.4 Å². The van der Waals surface area contributed by atoms with E-state index in [0.717, 1.165) is 84.3 Å². The number of benzene rings is 1. The molecule has 1 aliphatic carbocycles. The van der Waals surface area contributed by atoms with Gasteiger partial charge in [-0.1, -0.05) is 30.7 Å². The first kappa shape index (κ1) is 25.9. The number of aromatic nitrogens is 2. The van der Waals surface area contributed by atoms with Crippen LogP contribution in [0.15, 0.2) is 47.4 Å². The molecule has 0 radical (unpaired) electrons. The van der Waals surface area contributed by atoms with Gasteiger partial charge < -0.3 is 15.6 Å². The van der Waals surface area contributed by atoms with Gasteiger partial charge in [0.1, 0.15) is 4.83 Å². The molecule has 8 heteroatoms. The highest BCUT2D eigenvalue weighted by Gasteiger charge is 2.28. The molecule has 6 nitrogen and oxygen atoms in total. The lowest BCUT2D eigenvalue weighted by Crippen LogP contribution is -2.31. The quantitative estimate of drug-likeness (QED) is 0.309. The number of pyridine rings is 2. The van der Waals surface area contributed by atoms with Crippen LogP contribution in [0.3, 0.4) is 0 Å². The van der Waals surface area contributed by atoms with Crippen molar-refractivity contribution in [3.05, 3.63) is 86.0 Å². The van der Waals surface area contributed by atoms with Gasteiger partial charge in [-0.15, -0.1) is 11.3 Å². The molecule has 3 N–H and O–H groups in total. The molecule has 1 atom stereocenters. The number of nitrogens with one attached hydrogen (secondary N) is 1. The topological polar surface area (TPSA) is 92.1 Å². The van der Waals surface area contributed by atoms with Crippen LogP contribution in [0, 0.1) is 5.82 Å². The summed E-state index contributed by atoms with van der Waals surface area (Å²) in [5.41, 5.74) is 11.2. The van der Waals surface area contributed by atoms with Crippen LogP contribution in [0.5, 0.6) is 0 Å². The smallest absolute Gasteiger partial charge is 0.283 e. The number of halogens is 1. The molecule has 1 aliphatic heterocycles. The van der Waals surface area contributed by atoms with Crippen molar-refractivity contribution in [3.8, 4) is 11.1 Å². The predicted octanol–water partition coefficient (Wildman–Crippen LogP) is 5.78. The highest BCUT2D eigenvalue weighted by molar-refractivity contribution is 7.20. The molecular formula is C31H33FN4O2S. The summed E-state index contributed by atoms with van der Waals surface area (Å²) in [6.07, 6.45) is 10.4. The first-order chi connectivity index (χ1) is 19.0. The molecule has 0 bridgehead atoms. The van der Waals surface area contributed by atoms with Gasteiger partial charge in [-0.3, -0.25) is 9.59 Å². The maximum absolute atomic E-state index is 13.9. The number of carbonyl (C=O) groups is 1. The molecule has 0 unspecified atom stereocenters. The van der Waals surface area contributed by atoms with Crippen molar-refractivity contribution in [3.63, 3.8) is 0 Å². The van der Waals surface area contributed by atoms with Crippen LogP contribution in [-0.2, 0) is 12.8 Å². The van der Waals surface area contributed by atoms with Crippen molar-refractivity contribution >= 4 is 27.5 Å². The van der Waals surface area contributed by atoms with E-state index >= 15 is 0 Å². The fraction of sp³-hybridized carbons (Fsp3) is 0.387. The summed E-state index contributed by atoms with van der Waals surface area (Å²) in [5, 5.41) is 1.05. The van der Waals surface area contributed by atoms with Crippen LogP contribution in [-0.4, -0.2) is 40.4 Å². The van der Waals surface area contributed by atoms with Crippen molar-refractivity contribution in [2.45, 2.75) is 57.3 Å². The van der Waals surface area contributed by atoms with Gasteiger partial charge in [-0.05, 0) is 99.0 Å². The largest absolute Gasteiger partial charge is 0.365 e. The van der Waals surface area contributed by atoms with Crippen molar-refractivity contribution in [2.75, 3.05) is 19.6 Å². The Balaban J connectivity index is 1.43. The number of thiophene rings is 1. The molecule has 1 saturated heterocycles. The maximum Gasteiger partial charge on any atom is 0.283 e. The fourth-order valence-corrected chi connectivity index (χ4v) is 7.28. The molecule has 1 aromatic carbocycles. The van der Waals surface area contributed by atoms with Gasteiger partial charge in [-0.25, -0.2) is 9.37 Å². The Morgan fingerprint density at radius 1 is 1.05 bits per heavy atom. The number of rotatable bonds is 7. The Labute approximate surface area is 231 Å². The number of aromatic amines is 1. The lowest BCUT2D eigenvalue weighted by Gasteiger charge is -2.29. The number of nitrogens with two attached hydrogens (primary N) is 1. The van der Waals surface area contributed by atoms with E-state index in [2.05, 4.69) is 28.1 Å². The Hall–Kier alpha value is -3.36. The third kappa shape index (κ3) is 5.28. The molecule has 2 aliphatic rings. The van der Waals surface area contributed by atoms with Crippen molar-refractivity contribution in [1.29, 1.82) is 0 Å². The average Bonchev–Trinajstić information content (AvgIpc) is 3.33. The molecule has 1 fully saturated rings. The van der Waals surface area contributed by atoms with Crippen LogP contribution >= 0.6 is 11.3 Å². The van der Waals surface area contributed by atoms with Crippen LogP contribution in [0.1, 0.15) is 76.5 Å². The van der Waals surface area contributed by atoms with E-state index in [9.17, 15) is 14.0 Å². The van der Waals surface area contributed by atoms with Crippen LogP contribution in [0.25, 0.3) is 21.3 Å². The Morgan fingerprint density at radius 2 is 1.82 bits per heavy atom. The van der Waals surface area contributed by atoms with Gasteiger partial charge in [0.05, 0.1) is 4.88 Å². The number of likely N-dealkylation sites (tertiary alicyclic amines) is 1. The summed E-state index contributed by atoms with van der Waals surface area (Å²) in [5.74, 6) is -1.25. The van der Waals surface area contributed by atoms with Gasteiger partial charge in [0.15, 0.2) is 5.82 Å². The minimum absolute atomic E-state index is 0.0343. The zero-order valence-electron chi connectivity index (χ0n) is 22.0. The van der Waals surface area contributed by atoms with E-state index < -0.39 is 17.3 Å². The first-order valence-corrected chi connectivity index (χ1v) is 14.8. The van der Waals surface area contributed by atoms with Gasteiger partial charge in [0, 0.05) is 28.8 Å². The molecule has 4 heterocycles. The summed E-state index contributed by atoms with van der Waals surface area (Å²) in [6.45, 7) is 3.14. The van der Waals surface area contributed by atoms with E-state index in [1.54, 1.807) is 0 Å². The lowest BCUT2D eigenvalue weighted by molar-refractivity contribution is 0.100. The molecule has 0 saturated carbocycles. The van der Waals surface area contributed by atoms with Crippen molar-refractivity contribution in [1.82, 2.24) is 14.9 Å². The van der Waals surface area contributed by atoms with Crippen LogP contribution < -0.4 is 11.3 Å². The molecular weight excluding hydrogens is 511 g/mol. The molecule has 4 aromatic rings. The highest BCUT2D eigenvalue weighted by atomic mass is 32.1. The Morgan fingerprint density at radius 3 is 2.56 bits per heavy atom. The zero-order chi connectivity index (χ0) is 26.9. The second-order valence-corrected chi connectivity index (χ2v) is 11.8. The molecule has 39 heavy (non-hydrogen) atoms. The number of fused-ring (bicyclic) bond motifs is 2. The van der Waals surface area contributed by atoms with E-state index in [-0.39, 0.29) is 5.92 Å². The molecule has 6 rings (SSSR count). The third-order valence-electron chi connectivity index (χ3n) is 8.26. The number of carbonyl (C=O) groups excluding carboxylic acids is 1. The number of aryl methyl sites for hydroxylation is 2. The number of hydrogen-bond donors (Lipinski definition) is 2. The minimum Gasteiger partial charge on any atom is -0.365 e. The number of amides is 1. The fourth-order valence-electron chi connectivity index (χ4n) is 6.19. The summed E-state index contributed by atoms with van der Waals surface area (Å²) in [7, 11) is 0. The Kier molecular flexibility index (Phi) is 7.32. The zero-order valence-corrected chi connectivity index (χ0v) is 22.8. The molecule has 3 aromatic heterocycles. The summed E-state index contributed by atoms with van der Waals surface area (Å²) >= 11 is 1.42. The van der Waals surface area contributed by atoms with Crippen LogP contribution in [0.4, 0.5) is 4.39 Å². The first-order valence-electron chi connectivity index (χ1n) is 13.9. The second kappa shape index (κ2) is 11.0. The van der Waals surface area contributed by atoms with Gasteiger partial charge in [0.25, 0.3) is 11.5 Å². The van der Waals surface area contributed by atoms with Crippen LogP contribution in [0.2, 0.25) is 0 Å². The summed E-state index contributed by atoms with van der Waals surface area (Å²) in [6, 6.07) is 11.5. The van der Waals surface area contributed by atoms with Crippen molar-refractivity contribution in [2.24, 2.45) is 5.73 Å². The number of hydrogen-bond acceptors (Lipinski definition) is 5. The van der Waals surface area contributed by atoms with Gasteiger partial charge in [-0.2, -0.15) is 0 Å². The second-order valence-electron chi connectivity index (χ2n) is 10.8. The summed E-state index contributed by atoms with van der Waals surface area (Å²) in [4.78, 5) is 35.7. The lowest BCUT2D eigenvalue weighted by atomic mass is 9.85. The highest BCUT2D eigenvalue weighted by Crippen LogP contribution is 2.42. The molecule has 202 valence electrons. The van der Waals surface area contributed by atoms with E-state index in [0.29, 0.717) is 10.4 Å². The van der Waals surface area contributed by atoms with Gasteiger partial charge in [0.2, 0.25) is 0 Å². The number of nitrogens with zero attached hydrogens (tertiary/aromatic N) is 2. The normalized spacial score (nSPS) is 16.7. The van der Waals surface area contributed by atoms with E-state index in [1.807, 2.05) is 12.1 Å². The van der Waals surface area contributed by atoms with Crippen molar-refractivity contribution < 1.29 is 9.18 Å². The Bertz CT molecular complexity index is 1570. The number of H-pyrrole nitrogens is 1. The predicted molar refractivity (Wildman–Crippen MR) is 154 cm³/mol. The SMILES string of the molecule is NC(=O)c1sc2nc3c(cc2c1[C@H](CCN1CCCCC1)c1ccc(-c2c[nH]c(=O)c(F)c2)cc1)CCCC3. The monoisotopic (exact) mass is 544 g/mol. The number of primary amides is 1. The maximum atomic E-state index is 13.9. The van der Waals surface area contributed by atoms with E-state index in [4.69, 9.17) is 10.7 Å². The number of piperidine rings is 1. The molecule has 1 amide bonds.